The first-order valence-corrected chi connectivity index (χ1v) is 7.22. The van der Waals surface area contributed by atoms with Gasteiger partial charge in [-0.05, 0) is 17.5 Å². The Hall–Kier alpha value is -1.64. The van der Waals surface area contributed by atoms with Crippen molar-refractivity contribution in [3.05, 3.63) is 71.8 Å². The molecule has 1 N–H and O–H groups in total. The molecule has 0 bridgehead atoms. The van der Waals surface area contributed by atoms with E-state index in [0.29, 0.717) is 6.61 Å². The van der Waals surface area contributed by atoms with Crippen LogP contribution in [-0.2, 0) is 4.74 Å². The van der Waals surface area contributed by atoms with Crippen LogP contribution in [-0.4, -0.2) is 11.7 Å². The normalized spacial score (nSPS) is 13.9. The Kier molecular flexibility index (Phi) is 5.78. The molecule has 0 saturated heterocycles. The molecule has 0 saturated carbocycles. The fraction of sp³-hybridized carbons (Fsp3) is 0.333. The molecule has 106 valence electrons. The van der Waals surface area contributed by atoms with Crippen LogP contribution >= 0.6 is 0 Å². The highest BCUT2D eigenvalue weighted by Crippen LogP contribution is 2.32. The van der Waals surface area contributed by atoms with Crippen LogP contribution in [0.1, 0.15) is 43.1 Å². The first kappa shape index (κ1) is 14.8. The van der Waals surface area contributed by atoms with Crippen molar-refractivity contribution < 1.29 is 9.84 Å². The molecule has 20 heavy (non-hydrogen) atoms. The minimum atomic E-state index is -0.643. The van der Waals surface area contributed by atoms with Crippen LogP contribution in [0.25, 0.3) is 0 Å². The molecule has 0 aliphatic heterocycles. The number of rotatable bonds is 7. The summed E-state index contributed by atoms with van der Waals surface area (Å²) in [7, 11) is 0. The number of benzene rings is 2. The SMILES string of the molecule is CCCCOC(c1ccccc1)C(O)c1ccccc1. The van der Waals surface area contributed by atoms with Crippen molar-refractivity contribution in [3.8, 4) is 0 Å². The van der Waals surface area contributed by atoms with Gasteiger partial charge in [0.25, 0.3) is 0 Å². The van der Waals surface area contributed by atoms with Crippen molar-refractivity contribution in [3.63, 3.8) is 0 Å². The smallest absolute Gasteiger partial charge is 0.113 e. The molecule has 0 radical (unpaired) electrons. The summed E-state index contributed by atoms with van der Waals surface area (Å²) in [4.78, 5) is 0. The Morgan fingerprint density at radius 2 is 1.45 bits per heavy atom. The van der Waals surface area contributed by atoms with E-state index in [4.69, 9.17) is 4.74 Å². The zero-order valence-electron chi connectivity index (χ0n) is 11.9. The van der Waals surface area contributed by atoms with Gasteiger partial charge in [-0.2, -0.15) is 0 Å². The molecule has 2 aromatic carbocycles. The number of hydrogen-bond donors (Lipinski definition) is 1. The molecule has 0 aromatic heterocycles. The molecule has 2 heteroatoms. The second-order valence-corrected chi connectivity index (χ2v) is 4.91. The van der Waals surface area contributed by atoms with E-state index in [1.165, 1.54) is 0 Å². The van der Waals surface area contributed by atoms with Crippen molar-refractivity contribution in [2.24, 2.45) is 0 Å². The quantitative estimate of drug-likeness (QED) is 0.761. The van der Waals surface area contributed by atoms with E-state index in [1.54, 1.807) is 0 Å². The van der Waals surface area contributed by atoms with Gasteiger partial charge in [-0.15, -0.1) is 0 Å². The lowest BCUT2D eigenvalue weighted by Gasteiger charge is -2.24. The predicted molar refractivity (Wildman–Crippen MR) is 81.4 cm³/mol. The van der Waals surface area contributed by atoms with Gasteiger partial charge in [0.2, 0.25) is 0 Å². The maximum atomic E-state index is 10.6. The van der Waals surface area contributed by atoms with Crippen LogP contribution in [0.2, 0.25) is 0 Å². The highest BCUT2D eigenvalue weighted by atomic mass is 16.5. The molecular formula is C18H22O2. The third-order valence-corrected chi connectivity index (χ3v) is 3.35. The average Bonchev–Trinajstić information content (AvgIpc) is 2.53. The summed E-state index contributed by atoms with van der Waals surface area (Å²) >= 11 is 0. The second kappa shape index (κ2) is 7.83. The van der Waals surface area contributed by atoms with Gasteiger partial charge < -0.3 is 9.84 Å². The topological polar surface area (TPSA) is 29.5 Å². The predicted octanol–water partition coefficient (Wildman–Crippen LogP) is 4.28. The van der Waals surface area contributed by atoms with E-state index in [0.717, 1.165) is 24.0 Å². The summed E-state index contributed by atoms with van der Waals surface area (Å²) in [5.74, 6) is 0. The molecular weight excluding hydrogens is 248 g/mol. The highest BCUT2D eigenvalue weighted by molar-refractivity contribution is 5.25. The van der Waals surface area contributed by atoms with Crippen LogP contribution < -0.4 is 0 Å². The minimum Gasteiger partial charge on any atom is -0.385 e. The number of hydrogen-bond acceptors (Lipinski definition) is 2. The summed E-state index contributed by atoms with van der Waals surface area (Å²) in [6.45, 7) is 2.80. The van der Waals surface area contributed by atoms with Crippen molar-refractivity contribution in [1.29, 1.82) is 0 Å². The lowest BCUT2D eigenvalue weighted by Crippen LogP contribution is -2.15. The lowest BCUT2D eigenvalue weighted by atomic mass is 9.98. The fourth-order valence-electron chi connectivity index (χ4n) is 2.19. The molecule has 2 rings (SSSR count). The van der Waals surface area contributed by atoms with Gasteiger partial charge in [0.05, 0.1) is 0 Å². The number of ether oxygens (including phenoxy) is 1. The van der Waals surface area contributed by atoms with Gasteiger partial charge in [0, 0.05) is 6.61 Å². The summed E-state index contributed by atoms with van der Waals surface area (Å²) < 4.78 is 5.93. The van der Waals surface area contributed by atoms with Crippen molar-refractivity contribution in [2.75, 3.05) is 6.61 Å². The third-order valence-electron chi connectivity index (χ3n) is 3.35. The van der Waals surface area contributed by atoms with E-state index >= 15 is 0 Å². The minimum absolute atomic E-state index is 0.315. The number of aliphatic hydroxyl groups excluding tert-OH is 1. The molecule has 2 atom stereocenters. The Balaban J connectivity index is 2.17. The van der Waals surface area contributed by atoms with Crippen LogP contribution in [0.3, 0.4) is 0 Å². The van der Waals surface area contributed by atoms with E-state index in [2.05, 4.69) is 6.92 Å². The van der Waals surface area contributed by atoms with Gasteiger partial charge in [-0.1, -0.05) is 74.0 Å². The fourth-order valence-corrected chi connectivity index (χ4v) is 2.19. The molecule has 0 heterocycles. The highest BCUT2D eigenvalue weighted by Gasteiger charge is 2.23. The Morgan fingerprint density at radius 3 is 2.00 bits per heavy atom. The largest absolute Gasteiger partial charge is 0.385 e. The van der Waals surface area contributed by atoms with Gasteiger partial charge in [0.1, 0.15) is 12.2 Å². The van der Waals surface area contributed by atoms with Crippen LogP contribution in [0.5, 0.6) is 0 Å². The molecule has 0 amide bonds. The molecule has 2 unspecified atom stereocenters. The standard InChI is InChI=1S/C18H22O2/c1-2-3-14-20-18(16-12-8-5-9-13-16)17(19)15-10-6-4-7-11-15/h4-13,17-19H,2-3,14H2,1H3. The molecule has 2 nitrogen and oxygen atoms in total. The van der Waals surface area contributed by atoms with E-state index in [9.17, 15) is 5.11 Å². The Labute approximate surface area is 121 Å². The first-order chi connectivity index (χ1) is 9.83. The van der Waals surface area contributed by atoms with Gasteiger partial charge in [-0.25, -0.2) is 0 Å². The zero-order chi connectivity index (χ0) is 14.2. The lowest BCUT2D eigenvalue weighted by molar-refractivity contribution is -0.0420. The number of unbranched alkanes of at least 4 members (excludes halogenated alkanes) is 1. The van der Waals surface area contributed by atoms with Gasteiger partial charge >= 0.3 is 0 Å². The van der Waals surface area contributed by atoms with E-state index in [-0.39, 0.29) is 6.10 Å². The summed E-state index contributed by atoms with van der Waals surface area (Å²) in [5.41, 5.74) is 1.90. The van der Waals surface area contributed by atoms with E-state index in [1.807, 2.05) is 60.7 Å². The molecule has 0 fully saturated rings. The zero-order valence-corrected chi connectivity index (χ0v) is 11.9. The molecule has 2 aromatic rings. The molecule has 0 aliphatic rings. The Morgan fingerprint density at radius 1 is 0.900 bits per heavy atom. The second-order valence-electron chi connectivity index (χ2n) is 4.91. The average molecular weight is 270 g/mol. The monoisotopic (exact) mass is 270 g/mol. The number of aliphatic hydroxyl groups is 1. The summed E-state index contributed by atoms with van der Waals surface area (Å²) in [6, 6.07) is 19.6. The van der Waals surface area contributed by atoms with Crippen molar-refractivity contribution in [2.45, 2.75) is 32.0 Å². The van der Waals surface area contributed by atoms with Crippen LogP contribution in [0, 0.1) is 0 Å². The van der Waals surface area contributed by atoms with Gasteiger partial charge in [-0.3, -0.25) is 0 Å². The summed E-state index contributed by atoms with van der Waals surface area (Å²) in [6.07, 6.45) is 1.13. The maximum absolute atomic E-state index is 10.6. The van der Waals surface area contributed by atoms with Crippen molar-refractivity contribution >= 4 is 0 Å². The van der Waals surface area contributed by atoms with Crippen molar-refractivity contribution in [1.82, 2.24) is 0 Å². The van der Waals surface area contributed by atoms with Gasteiger partial charge in [0.15, 0.2) is 0 Å². The summed E-state index contributed by atoms with van der Waals surface area (Å²) in [5, 5.41) is 10.6. The first-order valence-electron chi connectivity index (χ1n) is 7.22. The molecule has 0 aliphatic carbocycles. The Bertz CT molecular complexity index is 481. The van der Waals surface area contributed by atoms with Crippen LogP contribution in [0.4, 0.5) is 0 Å². The molecule has 0 spiro atoms. The van der Waals surface area contributed by atoms with E-state index < -0.39 is 6.10 Å². The third kappa shape index (κ3) is 3.92. The van der Waals surface area contributed by atoms with Crippen LogP contribution in [0.15, 0.2) is 60.7 Å². The maximum Gasteiger partial charge on any atom is 0.113 e.